The summed E-state index contributed by atoms with van der Waals surface area (Å²) in [7, 11) is 3.11. The summed E-state index contributed by atoms with van der Waals surface area (Å²) in [5.41, 5.74) is -0.929. The predicted octanol–water partition coefficient (Wildman–Crippen LogP) is 2.85. The lowest BCUT2D eigenvalue weighted by atomic mass is 10.1. The zero-order chi connectivity index (χ0) is 30.3. The number of carboxylic acid groups (broad SMARTS) is 1. The predicted molar refractivity (Wildman–Crippen MR) is 138 cm³/mol. The number of aromatic amines is 1. The molecule has 41 heavy (non-hydrogen) atoms. The first kappa shape index (κ1) is 30.6. The number of carbonyl (C=O) groups excluding carboxylic acids is 2. The number of likely N-dealkylation sites (N-methyl/N-ethyl adjacent to an activating group) is 1. The summed E-state index contributed by atoms with van der Waals surface area (Å²) >= 11 is 0. The second kappa shape index (κ2) is 13.0. The van der Waals surface area contributed by atoms with Crippen LogP contribution in [0.4, 0.5) is 28.0 Å². The van der Waals surface area contributed by atoms with Gasteiger partial charge >= 0.3 is 12.3 Å². The number of nitrogens with zero attached hydrogens (tertiary/aromatic N) is 3. The van der Waals surface area contributed by atoms with Crippen LogP contribution in [0.1, 0.15) is 18.7 Å². The highest BCUT2D eigenvalue weighted by atomic mass is 19.4. The fraction of sp³-hybridized carbons (Fsp3) is 0.320. The molecule has 0 saturated carbocycles. The van der Waals surface area contributed by atoms with E-state index >= 15 is 0 Å². The Labute approximate surface area is 229 Å². The van der Waals surface area contributed by atoms with Crippen molar-refractivity contribution in [1.29, 1.82) is 0 Å². The number of nitrogens with one attached hydrogen (secondary N) is 3. The van der Waals surface area contributed by atoms with Crippen LogP contribution in [0.3, 0.4) is 0 Å². The van der Waals surface area contributed by atoms with Crippen LogP contribution in [0.15, 0.2) is 47.4 Å². The molecule has 0 bridgehead atoms. The van der Waals surface area contributed by atoms with Crippen LogP contribution >= 0.6 is 0 Å². The van der Waals surface area contributed by atoms with Crippen molar-refractivity contribution in [3.05, 3.63) is 64.6 Å². The number of alkyl halides is 3. The summed E-state index contributed by atoms with van der Waals surface area (Å²) in [6, 6.07) is 3.24. The fourth-order valence-corrected chi connectivity index (χ4v) is 3.60. The molecule has 4 N–H and O–H groups in total. The number of allylic oxidation sites excluding steroid dienone is 1. The lowest BCUT2D eigenvalue weighted by molar-refractivity contribution is -0.153. The van der Waals surface area contributed by atoms with Crippen molar-refractivity contribution < 1.29 is 41.8 Å². The Balaban J connectivity index is 1.77. The molecular formula is C25H26F4N6O6. The van der Waals surface area contributed by atoms with Crippen LogP contribution in [-0.4, -0.2) is 75.4 Å². The Morgan fingerprint density at radius 2 is 2.00 bits per heavy atom. The monoisotopic (exact) mass is 582 g/mol. The lowest BCUT2D eigenvalue weighted by Gasteiger charge is -2.16. The van der Waals surface area contributed by atoms with E-state index < -0.39 is 48.0 Å². The Morgan fingerprint density at radius 3 is 2.66 bits per heavy atom. The summed E-state index contributed by atoms with van der Waals surface area (Å²) in [5.74, 6) is -2.33. The Morgan fingerprint density at radius 1 is 1.27 bits per heavy atom. The van der Waals surface area contributed by atoms with Crippen LogP contribution in [0, 0.1) is 5.82 Å². The van der Waals surface area contributed by atoms with Gasteiger partial charge in [0.15, 0.2) is 12.4 Å². The van der Waals surface area contributed by atoms with Gasteiger partial charge in [-0.2, -0.15) is 13.2 Å². The van der Waals surface area contributed by atoms with E-state index in [1.54, 1.807) is 14.1 Å². The Kier molecular flexibility index (Phi) is 9.70. The zero-order valence-electron chi connectivity index (χ0n) is 21.8. The number of fused-ring (bicyclic) bond motifs is 1. The largest absolute Gasteiger partial charge is 0.482 e. The first-order valence-corrected chi connectivity index (χ1v) is 12.0. The molecule has 2 aromatic heterocycles. The van der Waals surface area contributed by atoms with Gasteiger partial charge in [0.25, 0.3) is 5.56 Å². The van der Waals surface area contributed by atoms with Crippen molar-refractivity contribution in [2.24, 2.45) is 0 Å². The van der Waals surface area contributed by atoms with Crippen LogP contribution < -0.4 is 20.9 Å². The molecule has 12 nitrogen and oxygen atoms in total. The second-order valence-electron chi connectivity index (χ2n) is 8.95. The standard InChI is InChI=1S/C25H26F4N6O6/c1-34(2)20(36)8-4-3-6-15(32-24(39)40)22(37)31-16-7-5-9-35(23(16)38)12-19-30-17-10-14(26)11-18(21(17)33-19)41-13-25(27,28)29/h4-5,7-11,15,32H,3,6,12-13H2,1-2H3,(H,30,33)(H,31,37)(H,39,40)/b8-4+/t15-/m0/s1. The van der Waals surface area contributed by atoms with E-state index in [9.17, 15) is 36.7 Å². The average Bonchev–Trinajstić information content (AvgIpc) is 3.28. The third-order valence-electron chi connectivity index (χ3n) is 5.49. The van der Waals surface area contributed by atoms with E-state index in [0.29, 0.717) is 0 Å². The smallest absolute Gasteiger partial charge is 0.422 e. The highest BCUT2D eigenvalue weighted by Gasteiger charge is 2.29. The maximum atomic E-state index is 13.9. The van der Waals surface area contributed by atoms with Gasteiger partial charge in [0.1, 0.15) is 28.9 Å². The number of rotatable bonds is 11. The van der Waals surface area contributed by atoms with Gasteiger partial charge < -0.3 is 34.9 Å². The number of aromatic nitrogens is 3. The first-order chi connectivity index (χ1) is 19.2. The van der Waals surface area contributed by atoms with E-state index in [0.717, 1.165) is 16.7 Å². The molecule has 0 aliphatic heterocycles. The number of amides is 3. The molecule has 3 amide bonds. The molecule has 0 saturated heterocycles. The summed E-state index contributed by atoms with van der Waals surface area (Å²) in [5, 5.41) is 13.6. The quantitative estimate of drug-likeness (QED) is 0.200. The molecule has 0 radical (unpaired) electrons. The van der Waals surface area contributed by atoms with Crippen LogP contribution in [0.25, 0.3) is 11.0 Å². The number of carbonyl (C=O) groups is 3. The van der Waals surface area contributed by atoms with Crippen LogP contribution in [-0.2, 0) is 16.1 Å². The molecule has 2 heterocycles. The SMILES string of the molecule is CN(C)C(=O)/C=C/CC[C@H](NC(=O)O)C(=O)Nc1cccn(Cc2nc3c(OCC(F)(F)F)cc(F)cc3[nH]2)c1=O. The summed E-state index contributed by atoms with van der Waals surface area (Å²) < 4.78 is 57.5. The van der Waals surface area contributed by atoms with Crippen molar-refractivity contribution in [3.8, 4) is 5.75 Å². The first-order valence-electron chi connectivity index (χ1n) is 12.0. The number of ether oxygens (including phenoxy) is 1. The summed E-state index contributed by atoms with van der Waals surface area (Å²) in [4.78, 5) is 56.8. The highest BCUT2D eigenvalue weighted by Crippen LogP contribution is 2.27. The van der Waals surface area contributed by atoms with Gasteiger partial charge in [-0.05, 0) is 37.1 Å². The zero-order valence-corrected chi connectivity index (χ0v) is 21.8. The minimum atomic E-state index is -4.66. The fourth-order valence-electron chi connectivity index (χ4n) is 3.60. The number of imidazole rings is 1. The number of pyridine rings is 1. The van der Waals surface area contributed by atoms with E-state index in [1.165, 1.54) is 35.4 Å². The van der Waals surface area contributed by atoms with E-state index in [1.807, 2.05) is 0 Å². The number of H-pyrrole nitrogens is 1. The number of benzene rings is 1. The third kappa shape index (κ3) is 8.81. The molecule has 3 rings (SSSR count). The van der Waals surface area contributed by atoms with Gasteiger partial charge in [-0.1, -0.05) is 6.08 Å². The molecule has 1 aromatic carbocycles. The normalized spacial score (nSPS) is 12.3. The molecule has 3 aromatic rings. The molecule has 16 heteroatoms. The maximum absolute atomic E-state index is 13.9. The van der Waals surface area contributed by atoms with Gasteiger partial charge in [-0.3, -0.25) is 14.4 Å². The van der Waals surface area contributed by atoms with Gasteiger partial charge in [0, 0.05) is 26.4 Å². The second-order valence-corrected chi connectivity index (χ2v) is 8.95. The van der Waals surface area contributed by atoms with Crippen molar-refractivity contribution >= 4 is 34.6 Å². The Hall–Kier alpha value is -4.89. The minimum Gasteiger partial charge on any atom is -0.482 e. The number of hydrogen-bond donors (Lipinski definition) is 4. The van der Waals surface area contributed by atoms with E-state index in [-0.39, 0.29) is 47.8 Å². The Bertz CT molecular complexity index is 1510. The molecule has 0 unspecified atom stereocenters. The molecule has 220 valence electrons. The van der Waals surface area contributed by atoms with Gasteiger partial charge in [-0.15, -0.1) is 0 Å². The topological polar surface area (TPSA) is 159 Å². The van der Waals surface area contributed by atoms with Crippen molar-refractivity contribution in [2.45, 2.75) is 31.6 Å². The van der Waals surface area contributed by atoms with Crippen molar-refractivity contribution in [1.82, 2.24) is 24.8 Å². The van der Waals surface area contributed by atoms with E-state index in [4.69, 9.17) is 5.11 Å². The third-order valence-corrected chi connectivity index (χ3v) is 5.49. The minimum absolute atomic E-state index is 0.00927. The van der Waals surface area contributed by atoms with Gasteiger partial charge in [-0.25, -0.2) is 14.2 Å². The van der Waals surface area contributed by atoms with Crippen LogP contribution in [0.5, 0.6) is 5.75 Å². The molecule has 0 aliphatic rings. The van der Waals surface area contributed by atoms with E-state index in [2.05, 4.69) is 25.3 Å². The van der Waals surface area contributed by atoms with Crippen LogP contribution in [0.2, 0.25) is 0 Å². The molecule has 1 atom stereocenters. The average molecular weight is 583 g/mol. The maximum Gasteiger partial charge on any atom is 0.422 e. The van der Waals surface area contributed by atoms with Crippen molar-refractivity contribution in [2.75, 3.05) is 26.0 Å². The molecule has 0 fully saturated rings. The number of halogens is 4. The summed E-state index contributed by atoms with van der Waals surface area (Å²) in [6.45, 7) is -1.89. The molecular weight excluding hydrogens is 556 g/mol. The van der Waals surface area contributed by atoms with Gasteiger partial charge in [0.2, 0.25) is 11.8 Å². The van der Waals surface area contributed by atoms with Crippen molar-refractivity contribution in [3.63, 3.8) is 0 Å². The lowest BCUT2D eigenvalue weighted by Crippen LogP contribution is -2.44. The summed E-state index contributed by atoms with van der Waals surface area (Å²) in [6.07, 6.45) is -1.83. The highest BCUT2D eigenvalue weighted by molar-refractivity contribution is 5.96. The number of hydrogen-bond acceptors (Lipinski definition) is 6. The molecule has 0 spiro atoms. The molecule has 0 aliphatic carbocycles. The number of anilines is 1. The van der Waals surface area contributed by atoms with Gasteiger partial charge in [0.05, 0.1) is 12.1 Å².